The summed E-state index contributed by atoms with van der Waals surface area (Å²) >= 11 is 17.4. The Labute approximate surface area is 164 Å². The Morgan fingerprint density at radius 1 is 1.22 bits per heavy atom. The van der Waals surface area contributed by atoms with Gasteiger partial charge in [-0.3, -0.25) is 4.79 Å². The van der Waals surface area contributed by atoms with Gasteiger partial charge in [0.1, 0.15) is 28.4 Å². The summed E-state index contributed by atoms with van der Waals surface area (Å²) in [4.78, 5) is 21.4. The lowest BCUT2D eigenvalue weighted by Crippen LogP contribution is -2.35. The first-order valence-electron chi connectivity index (χ1n) is 6.83. The smallest absolute Gasteiger partial charge is 0.432 e. The fourth-order valence-electron chi connectivity index (χ4n) is 2.20. The number of ether oxygens (including phenoxy) is 1. The second-order valence-electron chi connectivity index (χ2n) is 5.15. The lowest BCUT2D eigenvalue weighted by Gasteiger charge is -2.11. The molecule has 0 spiro atoms. The number of halogens is 7. The molecule has 0 saturated carbocycles. The third kappa shape index (κ3) is 4.15. The quantitative estimate of drug-likeness (QED) is 0.520. The van der Waals surface area contributed by atoms with E-state index in [2.05, 4.69) is 0 Å². The largest absolute Gasteiger partial charge is 0.542 e. The minimum absolute atomic E-state index is 0.360. The molecule has 0 N–H and O–H groups in total. The van der Waals surface area contributed by atoms with E-state index < -0.39 is 57.3 Å². The second kappa shape index (κ2) is 7.57. The lowest BCUT2D eigenvalue weighted by atomic mass is 10.1. The van der Waals surface area contributed by atoms with Crippen LogP contribution in [0.5, 0.6) is 5.75 Å². The van der Waals surface area contributed by atoms with E-state index in [1.165, 1.54) is 0 Å². The highest BCUT2D eigenvalue weighted by Gasteiger charge is 2.40. The van der Waals surface area contributed by atoms with Gasteiger partial charge in [0, 0.05) is 18.2 Å². The van der Waals surface area contributed by atoms with Gasteiger partial charge >= 0.3 is 6.18 Å². The van der Waals surface area contributed by atoms with Crippen molar-refractivity contribution in [2.24, 2.45) is 7.05 Å². The van der Waals surface area contributed by atoms with Gasteiger partial charge in [-0.2, -0.15) is 13.2 Å². The highest BCUT2D eigenvalue weighted by molar-refractivity contribution is 6.40. The maximum Gasteiger partial charge on any atom is 0.432 e. The standard InChI is InChI=1S/C15H8Cl3F4NO4/c1-23-12(15(20,21)22)11(17)10(13(23)18)5-2-9(6(16)3-7(5)19)27-4-8(24)14(25)26/h2-3H,4H2,1H3,(H,25,26)/p-1. The van der Waals surface area contributed by atoms with Crippen LogP contribution < -0.4 is 9.84 Å². The van der Waals surface area contributed by atoms with Crippen LogP contribution in [-0.4, -0.2) is 22.9 Å². The number of rotatable bonds is 5. The van der Waals surface area contributed by atoms with Crippen molar-refractivity contribution < 1.29 is 37.0 Å². The van der Waals surface area contributed by atoms with Crippen molar-refractivity contribution in [2.45, 2.75) is 6.18 Å². The fraction of sp³-hybridized carbons (Fsp3) is 0.200. The van der Waals surface area contributed by atoms with Gasteiger partial charge in [0.05, 0.1) is 10.0 Å². The molecule has 0 aliphatic carbocycles. The van der Waals surface area contributed by atoms with Crippen LogP contribution in [0.2, 0.25) is 15.2 Å². The second-order valence-corrected chi connectivity index (χ2v) is 6.29. The molecule has 0 radical (unpaired) electrons. The number of aromatic nitrogens is 1. The van der Waals surface area contributed by atoms with Crippen molar-refractivity contribution in [1.29, 1.82) is 0 Å². The molecule has 0 amide bonds. The zero-order chi connectivity index (χ0) is 20.7. The molecule has 2 aromatic rings. The van der Waals surface area contributed by atoms with Crippen molar-refractivity contribution in [3.63, 3.8) is 0 Å². The molecule has 12 heteroatoms. The number of nitrogens with zero attached hydrogens (tertiary/aromatic N) is 1. The van der Waals surface area contributed by atoms with Gasteiger partial charge in [0.25, 0.3) is 0 Å². The average Bonchev–Trinajstić information content (AvgIpc) is 2.76. The predicted molar refractivity (Wildman–Crippen MR) is 86.3 cm³/mol. The first-order valence-corrected chi connectivity index (χ1v) is 7.96. The predicted octanol–water partition coefficient (Wildman–Crippen LogP) is 3.51. The summed E-state index contributed by atoms with van der Waals surface area (Å²) in [5.74, 6) is -4.88. The minimum Gasteiger partial charge on any atom is -0.542 e. The molecule has 27 heavy (non-hydrogen) atoms. The number of carboxylic acids is 1. The molecule has 0 aliphatic rings. The van der Waals surface area contributed by atoms with Crippen molar-refractivity contribution >= 4 is 46.6 Å². The van der Waals surface area contributed by atoms with Crippen LogP contribution in [0.1, 0.15) is 5.69 Å². The van der Waals surface area contributed by atoms with E-state index in [1.807, 2.05) is 0 Å². The minimum atomic E-state index is -4.86. The molecule has 0 saturated heterocycles. The fourth-order valence-corrected chi connectivity index (χ4v) is 3.16. The van der Waals surface area contributed by atoms with Gasteiger partial charge < -0.3 is 19.2 Å². The third-order valence-electron chi connectivity index (χ3n) is 3.41. The zero-order valence-corrected chi connectivity index (χ0v) is 15.4. The molecule has 0 fully saturated rings. The number of benzene rings is 1. The topological polar surface area (TPSA) is 71.4 Å². The Morgan fingerprint density at radius 3 is 2.30 bits per heavy atom. The number of ketones is 1. The van der Waals surface area contributed by atoms with Gasteiger partial charge in [-0.25, -0.2) is 4.39 Å². The van der Waals surface area contributed by atoms with Crippen LogP contribution in [0.4, 0.5) is 17.6 Å². The van der Waals surface area contributed by atoms with Crippen molar-refractivity contribution in [1.82, 2.24) is 4.57 Å². The molecule has 0 atom stereocenters. The lowest BCUT2D eigenvalue weighted by molar-refractivity contribution is -0.300. The number of carbonyl (C=O) groups excluding carboxylic acids is 2. The summed E-state index contributed by atoms with van der Waals surface area (Å²) in [5.41, 5.74) is -2.26. The van der Waals surface area contributed by atoms with Gasteiger partial charge in [-0.15, -0.1) is 0 Å². The summed E-state index contributed by atoms with van der Waals surface area (Å²) in [6.07, 6.45) is -4.86. The van der Waals surface area contributed by atoms with Gasteiger partial charge in [-0.1, -0.05) is 34.8 Å². The van der Waals surface area contributed by atoms with E-state index in [9.17, 15) is 32.3 Å². The normalized spacial score (nSPS) is 11.6. The van der Waals surface area contributed by atoms with Crippen LogP contribution in [0.15, 0.2) is 12.1 Å². The number of alkyl halides is 3. The SMILES string of the molecule is Cn1c(Cl)c(-c2cc(OCC(=O)C(=O)[O-])c(Cl)cc2F)c(Cl)c1C(F)(F)F. The van der Waals surface area contributed by atoms with E-state index in [-0.39, 0.29) is 10.8 Å². The van der Waals surface area contributed by atoms with E-state index >= 15 is 0 Å². The van der Waals surface area contributed by atoms with Crippen LogP contribution in [0, 0.1) is 5.82 Å². The molecule has 0 aliphatic heterocycles. The van der Waals surface area contributed by atoms with E-state index in [0.717, 1.165) is 13.1 Å². The number of carbonyl (C=O) groups is 2. The first kappa shape index (κ1) is 21.3. The van der Waals surface area contributed by atoms with Crippen LogP contribution in [0.25, 0.3) is 11.1 Å². The number of Topliss-reactive ketones (excluding diaryl/α,β-unsaturated/α-hetero) is 1. The van der Waals surface area contributed by atoms with Gasteiger partial charge in [0.15, 0.2) is 6.61 Å². The molecule has 1 aromatic carbocycles. The molecule has 5 nitrogen and oxygen atoms in total. The Bertz CT molecular complexity index is 940. The maximum absolute atomic E-state index is 14.3. The van der Waals surface area contributed by atoms with Crippen molar-refractivity contribution in [3.8, 4) is 16.9 Å². The molecule has 146 valence electrons. The Hall–Kier alpha value is -1.97. The van der Waals surface area contributed by atoms with E-state index in [4.69, 9.17) is 39.5 Å². The molecular weight excluding hydrogens is 441 g/mol. The Balaban J connectivity index is 2.59. The Morgan fingerprint density at radius 2 is 1.81 bits per heavy atom. The van der Waals surface area contributed by atoms with Crippen LogP contribution in [-0.2, 0) is 22.8 Å². The molecule has 2 rings (SSSR count). The average molecular weight is 448 g/mol. The highest BCUT2D eigenvalue weighted by atomic mass is 35.5. The van der Waals surface area contributed by atoms with Crippen LogP contribution in [0.3, 0.4) is 0 Å². The zero-order valence-electron chi connectivity index (χ0n) is 13.1. The summed E-state index contributed by atoms with van der Waals surface area (Å²) in [6, 6.07) is 1.55. The summed E-state index contributed by atoms with van der Waals surface area (Å²) in [5, 5.41) is 8.67. The van der Waals surface area contributed by atoms with Crippen molar-refractivity contribution in [2.75, 3.05) is 6.61 Å². The van der Waals surface area contributed by atoms with Crippen LogP contribution >= 0.6 is 34.8 Å². The molecule has 0 bridgehead atoms. The highest BCUT2D eigenvalue weighted by Crippen LogP contribution is 2.47. The van der Waals surface area contributed by atoms with Crippen molar-refractivity contribution in [3.05, 3.63) is 38.8 Å². The monoisotopic (exact) mass is 446 g/mol. The van der Waals surface area contributed by atoms with Gasteiger partial charge in [0.2, 0.25) is 5.78 Å². The number of carboxylic acid groups (broad SMARTS) is 1. The van der Waals surface area contributed by atoms with E-state index in [0.29, 0.717) is 10.6 Å². The molecule has 1 heterocycles. The Kier molecular flexibility index (Phi) is 5.98. The summed E-state index contributed by atoms with van der Waals surface area (Å²) in [6.45, 7) is -0.989. The molecule has 0 unspecified atom stereocenters. The molecule has 1 aromatic heterocycles. The number of hydrogen-bond acceptors (Lipinski definition) is 4. The molecular formula is C15H7Cl3F4NO4-. The summed E-state index contributed by atoms with van der Waals surface area (Å²) in [7, 11) is 0.990. The first-order chi connectivity index (χ1) is 12.4. The number of hydrogen-bond donors (Lipinski definition) is 0. The third-order valence-corrected chi connectivity index (χ3v) is 4.52. The van der Waals surface area contributed by atoms with Gasteiger partial charge in [-0.05, 0) is 12.1 Å². The number of aliphatic carboxylic acids is 1. The van der Waals surface area contributed by atoms with E-state index in [1.54, 1.807) is 0 Å². The summed E-state index contributed by atoms with van der Waals surface area (Å²) < 4.78 is 59.2. The maximum atomic E-state index is 14.3.